The van der Waals surface area contributed by atoms with Crippen LogP contribution in [-0.2, 0) is 14.8 Å². The van der Waals surface area contributed by atoms with Crippen LogP contribution in [0, 0.1) is 5.92 Å². The number of aromatic nitrogens is 2. The van der Waals surface area contributed by atoms with Gasteiger partial charge in [0.25, 0.3) is 0 Å². The SMILES string of the molecule is CC1CCCN(S(=O)(=O)c2cncc(-c3ccc4nc(NC=O)sc4c3)c2)C1. The van der Waals surface area contributed by atoms with E-state index in [0.29, 0.717) is 30.5 Å². The molecule has 146 valence electrons. The van der Waals surface area contributed by atoms with Crippen molar-refractivity contribution in [3.63, 3.8) is 0 Å². The van der Waals surface area contributed by atoms with Crippen LogP contribution in [0.5, 0.6) is 0 Å². The second-order valence-corrected chi connectivity index (χ2v) is 9.95. The predicted octanol–water partition coefficient (Wildman–Crippen LogP) is 3.35. The van der Waals surface area contributed by atoms with Crippen molar-refractivity contribution in [2.75, 3.05) is 18.4 Å². The molecular weight excluding hydrogens is 396 g/mol. The molecule has 1 N–H and O–H groups in total. The van der Waals surface area contributed by atoms with Gasteiger partial charge in [0.05, 0.1) is 10.2 Å². The van der Waals surface area contributed by atoms with Gasteiger partial charge in [-0.25, -0.2) is 13.4 Å². The number of fused-ring (bicyclic) bond motifs is 1. The summed E-state index contributed by atoms with van der Waals surface area (Å²) < 4.78 is 28.5. The van der Waals surface area contributed by atoms with Gasteiger partial charge >= 0.3 is 0 Å². The third-order valence-electron chi connectivity index (χ3n) is 4.87. The standard InChI is InChI=1S/C19H20N4O3S2/c1-13-3-2-6-23(11-13)28(25,26)16-7-15(9-20-10-16)14-4-5-17-18(8-14)27-19(22-17)21-12-24/h4-5,7-10,12-13H,2-3,6,11H2,1H3,(H,21,22,24). The van der Waals surface area contributed by atoms with Crippen LogP contribution < -0.4 is 5.32 Å². The number of piperidine rings is 1. The highest BCUT2D eigenvalue weighted by Gasteiger charge is 2.29. The number of benzene rings is 1. The third kappa shape index (κ3) is 3.65. The van der Waals surface area contributed by atoms with Crippen molar-refractivity contribution in [2.24, 2.45) is 5.92 Å². The van der Waals surface area contributed by atoms with E-state index in [9.17, 15) is 13.2 Å². The van der Waals surface area contributed by atoms with E-state index in [1.165, 1.54) is 17.5 Å². The first kappa shape index (κ1) is 19.0. The van der Waals surface area contributed by atoms with Crippen LogP contribution in [0.1, 0.15) is 19.8 Å². The van der Waals surface area contributed by atoms with Gasteiger partial charge in [0.15, 0.2) is 5.13 Å². The van der Waals surface area contributed by atoms with E-state index in [1.54, 1.807) is 16.6 Å². The molecule has 0 radical (unpaired) electrons. The molecule has 1 aliphatic heterocycles. The third-order valence-corrected chi connectivity index (χ3v) is 7.65. The van der Waals surface area contributed by atoms with E-state index in [0.717, 1.165) is 34.2 Å². The van der Waals surface area contributed by atoms with Gasteiger partial charge in [-0.05, 0) is 42.5 Å². The molecule has 1 atom stereocenters. The Bertz CT molecular complexity index is 1130. The second-order valence-electron chi connectivity index (χ2n) is 6.98. The zero-order valence-corrected chi connectivity index (χ0v) is 17.0. The highest BCUT2D eigenvalue weighted by atomic mass is 32.2. The first-order valence-electron chi connectivity index (χ1n) is 9.04. The summed E-state index contributed by atoms with van der Waals surface area (Å²) in [6.07, 6.45) is 5.60. The van der Waals surface area contributed by atoms with Crippen molar-refractivity contribution in [2.45, 2.75) is 24.7 Å². The lowest BCUT2D eigenvalue weighted by molar-refractivity contribution is -0.105. The Hall–Kier alpha value is -2.36. The van der Waals surface area contributed by atoms with Crippen molar-refractivity contribution in [3.8, 4) is 11.1 Å². The Morgan fingerprint density at radius 1 is 1.25 bits per heavy atom. The molecule has 1 unspecified atom stereocenters. The number of amides is 1. The van der Waals surface area contributed by atoms with Crippen LogP contribution in [0.25, 0.3) is 21.3 Å². The fourth-order valence-electron chi connectivity index (χ4n) is 3.45. The van der Waals surface area contributed by atoms with Crippen LogP contribution in [-0.4, -0.2) is 42.2 Å². The number of pyridine rings is 1. The number of anilines is 1. The lowest BCUT2D eigenvalue weighted by Gasteiger charge is -2.30. The molecule has 1 aromatic carbocycles. The molecule has 28 heavy (non-hydrogen) atoms. The fourth-order valence-corrected chi connectivity index (χ4v) is 5.90. The first-order valence-corrected chi connectivity index (χ1v) is 11.3. The molecule has 7 nitrogen and oxygen atoms in total. The first-order chi connectivity index (χ1) is 13.5. The van der Waals surface area contributed by atoms with Crippen LogP contribution in [0.3, 0.4) is 0 Å². The summed E-state index contributed by atoms with van der Waals surface area (Å²) in [5.41, 5.74) is 2.36. The zero-order valence-electron chi connectivity index (χ0n) is 15.3. The number of carbonyl (C=O) groups is 1. The van der Waals surface area contributed by atoms with Crippen LogP contribution in [0.4, 0.5) is 5.13 Å². The summed E-state index contributed by atoms with van der Waals surface area (Å²) in [6.45, 7) is 3.18. The minimum atomic E-state index is -3.56. The van der Waals surface area contributed by atoms with Crippen LogP contribution in [0.15, 0.2) is 41.6 Å². The molecule has 1 fully saturated rings. The maximum Gasteiger partial charge on any atom is 0.244 e. The van der Waals surface area contributed by atoms with Gasteiger partial charge in [0.1, 0.15) is 4.90 Å². The molecule has 2 aromatic heterocycles. The zero-order chi connectivity index (χ0) is 19.7. The van der Waals surface area contributed by atoms with Gasteiger partial charge in [-0.1, -0.05) is 24.3 Å². The van der Waals surface area contributed by atoms with Crippen molar-refractivity contribution < 1.29 is 13.2 Å². The lowest BCUT2D eigenvalue weighted by atomic mass is 10.0. The predicted molar refractivity (Wildman–Crippen MR) is 110 cm³/mol. The molecule has 0 bridgehead atoms. The van der Waals surface area contributed by atoms with E-state index in [2.05, 4.69) is 22.2 Å². The normalized spacial score (nSPS) is 18.2. The number of hydrogen-bond donors (Lipinski definition) is 1. The van der Waals surface area contributed by atoms with Crippen LogP contribution >= 0.6 is 11.3 Å². The minimum absolute atomic E-state index is 0.215. The van der Waals surface area contributed by atoms with Gasteiger partial charge in [-0.3, -0.25) is 9.78 Å². The molecule has 1 saturated heterocycles. The summed E-state index contributed by atoms with van der Waals surface area (Å²) in [5.74, 6) is 0.363. The lowest BCUT2D eigenvalue weighted by Crippen LogP contribution is -2.39. The molecule has 0 saturated carbocycles. The highest BCUT2D eigenvalue weighted by molar-refractivity contribution is 7.89. The molecule has 0 spiro atoms. The van der Waals surface area contributed by atoms with Crippen molar-refractivity contribution in [1.29, 1.82) is 0 Å². The molecule has 3 aromatic rings. The number of thiazole rings is 1. The molecule has 4 rings (SSSR count). The molecule has 1 amide bonds. The molecule has 3 heterocycles. The van der Waals surface area contributed by atoms with E-state index in [4.69, 9.17) is 0 Å². The molecule has 1 aliphatic rings. The molecule has 0 aliphatic carbocycles. The smallest absolute Gasteiger partial charge is 0.244 e. The Morgan fingerprint density at radius 3 is 2.89 bits per heavy atom. The maximum absolute atomic E-state index is 13.0. The number of nitrogens with one attached hydrogen (secondary N) is 1. The molecular formula is C19H20N4O3S2. The summed E-state index contributed by atoms with van der Waals surface area (Å²) in [4.78, 5) is 19.3. The average Bonchev–Trinajstić information content (AvgIpc) is 3.10. The number of carbonyl (C=O) groups excluding carboxylic acids is 1. The monoisotopic (exact) mass is 416 g/mol. The van der Waals surface area contributed by atoms with Crippen molar-refractivity contribution in [1.82, 2.24) is 14.3 Å². The fraction of sp³-hybridized carbons (Fsp3) is 0.316. The number of sulfonamides is 1. The van der Waals surface area contributed by atoms with Gasteiger partial charge in [0.2, 0.25) is 16.4 Å². The summed E-state index contributed by atoms with van der Waals surface area (Å²) in [7, 11) is -3.56. The minimum Gasteiger partial charge on any atom is -0.305 e. The maximum atomic E-state index is 13.0. The second kappa shape index (κ2) is 7.57. The molecule has 9 heteroatoms. The summed E-state index contributed by atoms with van der Waals surface area (Å²) in [5, 5.41) is 3.08. The van der Waals surface area contributed by atoms with Gasteiger partial charge < -0.3 is 5.32 Å². The number of rotatable bonds is 5. The van der Waals surface area contributed by atoms with E-state index < -0.39 is 10.0 Å². The van der Waals surface area contributed by atoms with Crippen LogP contribution in [0.2, 0.25) is 0 Å². The van der Waals surface area contributed by atoms with E-state index >= 15 is 0 Å². The summed E-state index contributed by atoms with van der Waals surface area (Å²) >= 11 is 1.36. The van der Waals surface area contributed by atoms with E-state index in [1.807, 2.05) is 18.2 Å². The Morgan fingerprint density at radius 2 is 2.11 bits per heavy atom. The topological polar surface area (TPSA) is 92.3 Å². The van der Waals surface area contributed by atoms with Crippen molar-refractivity contribution in [3.05, 3.63) is 36.7 Å². The van der Waals surface area contributed by atoms with Gasteiger partial charge in [-0.15, -0.1) is 0 Å². The Balaban J connectivity index is 1.68. The van der Waals surface area contributed by atoms with Gasteiger partial charge in [-0.2, -0.15) is 4.31 Å². The number of hydrogen-bond acceptors (Lipinski definition) is 6. The summed E-state index contributed by atoms with van der Waals surface area (Å²) in [6, 6.07) is 7.33. The Labute approximate surface area is 167 Å². The largest absolute Gasteiger partial charge is 0.305 e. The van der Waals surface area contributed by atoms with Crippen molar-refractivity contribution >= 4 is 43.1 Å². The number of nitrogens with zero attached hydrogens (tertiary/aromatic N) is 3. The van der Waals surface area contributed by atoms with Gasteiger partial charge in [0, 0.05) is 31.0 Å². The van der Waals surface area contributed by atoms with E-state index in [-0.39, 0.29) is 4.90 Å². The highest BCUT2D eigenvalue weighted by Crippen LogP contribution is 2.31. The Kier molecular flexibility index (Phi) is 5.13. The quantitative estimate of drug-likeness (QED) is 0.644. The average molecular weight is 417 g/mol.